The Bertz CT molecular complexity index is 937. The van der Waals surface area contributed by atoms with Gasteiger partial charge in [-0.1, -0.05) is 0 Å². The molecule has 0 aliphatic rings. The highest BCUT2D eigenvalue weighted by molar-refractivity contribution is 5.89. The summed E-state index contributed by atoms with van der Waals surface area (Å²) in [4.78, 5) is 34.3. The van der Waals surface area contributed by atoms with E-state index in [1.165, 1.54) is 30.6 Å². The number of hydrogen-bond donors (Lipinski definition) is 1. The van der Waals surface area contributed by atoms with Crippen LogP contribution in [0.25, 0.3) is 11.2 Å². The van der Waals surface area contributed by atoms with Crippen LogP contribution in [0.15, 0.2) is 36.9 Å². The van der Waals surface area contributed by atoms with Crippen molar-refractivity contribution in [2.45, 2.75) is 19.6 Å². The van der Waals surface area contributed by atoms with Gasteiger partial charge >= 0.3 is 5.97 Å². The molecule has 0 fully saturated rings. The smallest absolute Gasteiger partial charge is 0.338 e. The Morgan fingerprint density at radius 2 is 2.04 bits per heavy atom. The molecule has 2 N–H and O–H groups in total. The summed E-state index contributed by atoms with van der Waals surface area (Å²) in [5.41, 5.74) is 6.90. The number of anilines is 1. The maximum Gasteiger partial charge on any atom is 0.338 e. The summed E-state index contributed by atoms with van der Waals surface area (Å²) >= 11 is 0. The van der Waals surface area contributed by atoms with E-state index >= 15 is 0 Å². The fourth-order valence-corrected chi connectivity index (χ4v) is 2.32. The molecule has 25 heavy (non-hydrogen) atoms. The van der Waals surface area contributed by atoms with Crippen molar-refractivity contribution in [1.29, 1.82) is 0 Å². The molecule has 3 rings (SSSR count). The summed E-state index contributed by atoms with van der Waals surface area (Å²) < 4.78 is 7.07. The highest BCUT2D eigenvalue weighted by Crippen LogP contribution is 2.16. The predicted molar refractivity (Wildman–Crippen MR) is 87.7 cm³/mol. The standard InChI is InChI=1S/C15H14N6O4/c1-9(6-20-8-19-12-13(16)17-7-18-14(12)20)25-15(22)10-2-4-11(5-3-10)21(23)24/h2-5,7-9H,6H2,1H3,(H2,16,17,18)/t9-/m0/s1. The van der Waals surface area contributed by atoms with Gasteiger partial charge in [0, 0.05) is 12.1 Å². The minimum Gasteiger partial charge on any atom is -0.457 e. The SMILES string of the molecule is C[C@@H](Cn1cnc2c(N)ncnc21)OC(=O)c1ccc([N+](=O)[O-])cc1. The van der Waals surface area contributed by atoms with Crippen LogP contribution in [0.1, 0.15) is 17.3 Å². The summed E-state index contributed by atoms with van der Waals surface area (Å²) in [7, 11) is 0. The van der Waals surface area contributed by atoms with E-state index in [1.54, 1.807) is 17.8 Å². The number of aromatic nitrogens is 4. The van der Waals surface area contributed by atoms with Crippen LogP contribution in [0, 0.1) is 10.1 Å². The van der Waals surface area contributed by atoms with E-state index in [0.717, 1.165) is 0 Å². The Balaban J connectivity index is 1.69. The minimum absolute atomic E-state index is 0.0910. The molecule has 0 saturated heterocycles. The van der Waals surface area contributed by atoms with Gasteiger partial charge in [-0.3, -0.25) is 10.1 Å². The van der Waals surface area contributed by atoms with E-state index in [4.69, 9.17) is 10.5 Å². The molecule has 1 atom stereocenters. The third kappa shape index (κ3) is 3.37. The lowest BCUT2D eigenvalue weighted by atomic mass is 10.2. The zero-order valence-corrected chi connectivity index (χ0v) is 13.2. The van der Waals surface area contributed by atoms with E-state index in [9.17, 15) is 14.9 Å². The highest BCUT2D eigenvalue weighted by Gasteiger charge is 2.16. The number of rotatable bonds is 5. The average Bonchev–Trinajstić information content (AvgIpc) is 2.99. The van der Waals surface area contributed by atoms with Crippen LogP contribution in [-0.4, -0.2) is 36.5 Å². The van der Waals surface area contributed by atoms with Gasteiger partial charge in [0.15, 0.2) is 11.5 Å². The summed E-state index contributed by atoms with van der Waals surface area (Å²) in [6, 6.07) is 5.22. The van der Waals surface area contributed by atoms with Gasteiger partial charge in [0.25, 0.3) is 5.69 Å². The number of nitro benzene ring substituents is 1. The molecule has 3 aromatic rings. The number of carbonyl (C=O) groups is 1. The Morgan fingerprint density at radius 1 is 1.32 bits per heavy atom. The molecule has 0 amide bonds. The van der Waals surface area contributed by atoms with E-state index in [1.807, 2.05) is 0 Å². The molecule has 0 aliphatic heterocycles. The number of ether oxygens (including phenoxy) is 1. The molecular formula is C15H14N6O4. The summed E-state index contributed by atoms with van der Waals surface area (Å²) in [6.45, 7) is 2.05. The van der Waals surface area contributed by atoms with Crippen molar-refractivity contribution in [2.75, 3.05) is 5.73 Å². The summed E-state index contributed by atoms with van der Waals surface area (Å²) in [5, 5.41) is 10.6. The number of nitrogens with two attached hydrogens (primary N) is 1. The van der Waals surface area contributed by atoms with Crippen LogP contribution in [-0.2, 0) is 11.3 Å². The third-order valence-electron chi connectivity index (χ3n) is 3.51. The topological polar surface area (TPSA) is 139 Å². The predicted octanol–water partition coefficient (Wildman–Crippen LogP) is 1.56. The summed E-state index contributed by atoms with van der Waals surface area (Å²) in [6.07, 6.45) is 2.41. The third-order valence-corrected chi connectivity index (χ3v) is 3.51. The molecule has 10 heteroatoms. The van der Waals surface area contributed by atoms with E-state index in [-0.39, 0.29) is 17.1 Å². The molecule has 128 valence electrons. The number of nitro groups is 1. The lowest BCUT2D eigenvalue weighted by Gasteiger charge is -2.14. The van der Waals surface area contributed by atoms with Gasteiger partial charge in [0.1, 0.15) is 17.9 Å². The Labute approximate surface area is 141 Å². The normalized spacial score (nSPS) is 12.0. The second-order valence-corrected chi connectivity index (χ2v) is 5.35. The number of imidazole rings is 1. The fraction of sp³-hybridized carbons (Fsp3) is 0.200. The van der Waals surface area contributed by atoms with Crippen LogP contribution in [0.2, 0.25) is 0 Å². The first kappa shape index (κ1) is 16.3. The first-order chi connectivity index (χ1) is 12.0. The molecule has 1 aromatic carbocycles. The number of non-ortho nitro benzene ring substituents is 1. The maximum absolute atomic E-state index is 12.1. The van der Waals surface area contributed by atoms with Gasteiger partial charge in [-0.25, -0.2) is 19.7 Å². The second-order valence-electron chi connectivity index (χ2n) is 5.35. The van der Waals surface area contributed by atoms with Crippen molar-refractivity contribution in [2.24, 2.45) is 0 Å². The largest absolute Gasteiger partial charge is 0.457 e. The van der Waals surface area contributed by atoms with Crippen LogP contribution in [0.3, 0.4) is 0 Å². The number of carbonyl (C=O) groups excluding carboxylic acids is 1. The summed E-state index contributed by atoms with van der Waals surface area (Å²) in [5.74, 6) is -0.291. The van der Waals surface area contributed by atoms with Crippen LogP contribution in [0.4, 0.5) is 11.5 Å². The Kier molecular flexibility index (Phi) is 4.25. The van der Waals surface area contributed by atoms with Gasteiger partial charge in [0.2, 0.25) is 0 Å². The van der Waals surface area contributed by atoms with Gasteiger partial charge in [-0.05, 0) is 19.1 Å². The Morgan fingerprint density at radius 3 is 2.72 bits per heavy atom. The van der Waals surface area contributed by atoms with Crippen LogP contribution < -0.4 is 5.73 Å². The average molecular weight is 342 g/mol. The molecule has 0 bridgehead atoms. The second kappa shape index (κ2) is 6.51. The van der Waals surface area contributed by atoms with Crippen molar-refractivity contribution < 1.29 is 14.5 Å². The number of benzene rings is 1. The quantitative estimate of drug-likeness (QED) is 0.418. The fourth-order valence-electron chi connectivity index (χ4n) is 2.32. The minimum atomic E-state index is -0.569. The van der Waals surface area contributed by atoms with E-state index in [2.05, 4.69) is 15.0 Å². The van der Waals surface area contributed by atoms with Crippen molar-refractivity contribution in [3.05, 3.63) is 52.6 Å². The first-order valence-electron chi connectivity index (χ1n) is 7.32. The first-order valence-corrected chi connectivity index (χ1v) is 7.32. The lowest BCUT2D eigenvalue weighted by molar-refractivity contribution is -0.384. The molecule has 0 spiro atoms. The number of nitrogen functional groups attached to an aromatic ring is 1. The number of fused-ring (bicyclic) bond motifs is 1. The van der Waals surface area contributed by atoms with Crippen molar-refractivity contribution in [3.8, 4) is 0 Å². The zero-order chi connectivity index (χ0) is 18.0. The number of hydrogen-bond acceptors (Lipinski definition) is 8. The monoisotopic (exact) mass is 342 g/mol. The maximum atomic E-state index is 12.1. The molecule has 0 unspecified atom stereocenters. The Hall–Kier alpha value is -3.56. The molecule has 2 heterocycles. The van der Waals surface area contributed by atoms with Crippen molar-refractivity contribution >= 4 is 28.6 Å². The molecule has 10 nitrogen and oxygen atoms in total. The number of esters is 1. The molecular weight excluding hydrogens is 328 g/mol. The number of nitrogens with zero attached hydrogens (tertiary/aromatic N) is 5. The molecule has 0 saturated carbocycles. The van der Waals surface area contributed by atoms with Crippen molar-refractivity contribution in [1.82, 2.24) is 19.5 Å². The van der Waals surface area contributed by atoms with E-state index < -0.39 is 17.0 Å². The molecule has 2 aromatic heterocycles. The van der Waals surface area contributed by atoms with Crippen LogP contribution in [0.5, 0.6) is 0 Å². The van der Waals surface area contributed by atoms with Gasteiger partial charge in [-0.2, -0.15) is 0 Å². The van der Waals surface area contributed by atoms with Crippen LogP contribution >= 0.6 is 0 Å². The lowest BCUT2D eigenvalue weighted by Crippen LogP contribution is -2.20. The van der Waals surface area contributed by atoms with Gasteiger partial charge in [-0.15, -0.1) is 0 Å². The molecule has 0 aliphatic carbocycles. The van der Waals surface area contributed by atoms with Gasteiger partial charge in [0.05, 0.1) is 23.4 Å². The zero-order valence-electron chi connectivity index (χ0n) is 13.2. The highest BCUT2D eigenvalue weighted by atomic mass is 16.6. The van der Waals surface area contributed by atoms with Gasteiger partial charge < -0.3 is 15.0 Å². The van der Waals surface area contributed by atoms with E-state index in [0.29, 0.717) is 17.7 Å². The molecule has 0 radical (unpaired) electrons. The van der Waals surface area contributed by atoms with Crippen molar-refractivity contribution in [3.63, 3.8) is 0 Å².